The third-order valence-electron chi connectivity index (χ3n) is 10.5. The van der Waals surface area contributed by atoms with Gasteiger partial charge in [0, 0.05) is 92.2 Å². The van der Waals surface area contributed by atoms with E-state index in [9.17, 15) is 0 Å². The molecule has 400 valence electrons. The van der Waals surface area contributed by atoms with Crippen molar-refractivity contribution in [1.82, 2.24) is 39.9 Å². The molecule has 0 amide bonds. The number of pyridine rings is 8. The van der Waals surface area contributed by atoms with E-state index in [1.807, 2.05) is 204 Å². The largest absolute Gasteiger partial charge is 0.254 e. The lowest BCUT2D eigenvalue weighted by Gasteiger charge is -2.04. The normalized spacial score (nSPS) is 9.32. The second-order valence-electron chi connectivity index (χ2n) is 14.7. The van der Waals surface area contributed by atoms with Gasteiger partial charge < -0.3 is 0 Å². The third-order valence-corrected chi connectivity index (χ3v) is 10.5. The molecule has 8 aromatic heterocycles. The van der Waals surface area contributed by atoms with Gasteiger partial charge in [0.15, 0.2) is 0 Å². The first-order valence-corrected chi connectivity index (χ1v) is 27.8. The van der Waals surface area contributed by atoms with Gasteiger partial charge in [0.25, 0.3) is 0 Å². The van der Waals surface area contributed by atoms with E-state index >= 15 is 0 Å². The average Bonchev–Trinajstić information content (AvgIpc) is 3.52. The Morgan fingerprint density at radius 1 is 0.250 bits per heavy atom. The Bertz CT molecular complexity index is 3440. The lowest BCUT2D eigenvalue weighted by Crippen LogP contribution is -1.86. The molecule has 0 fully saturated rings. The molecule has 76 heavy (non-hydrogen) atoms. The highest BCUT2D eigenvalue weighted by atomic mass is 14.8. The molecular formula is C68H88N8. The number of nitrogens with zero attached hydrogens (tertiary/aromatic N) is 8. The van der Waals surface area contributed by atoms with Gasteiger partial charge >= 0.3 is 0 Å². The van der Waals surface area contributed by atoms with Crippen LogP contribution in [0.25, 0.3) is 87.2 Å². The second kappa shape index (κ2) is 37.8. The predicted octanol–water partition coefficient (Wildman–Crippen LogP) is 20.6. The van der Waals surface area contributed by atoms with E-state index in [0.717, 1.165) is 82.1 Å². The van der Waals surface area contributed by atoms with Gasteiger partial charge in [0.05, 0.1) is 44.1 Å². The molecule has 0 aliphatic heterocycles. The quantitative estimate of drug-likeness (QED) is 0.138. The highest BCUT2D eigenvalue weighted by Crippen LogP contribution is 2.26. The lowest BCUT2D eigenvalue weighted by atomic mass is 10.1. The van der Waals surface area contributed by atoms with Gasteiger partial charge in [-0.15, -0.1) is 0 Å². The number of hydrogen-bond acceptors (Lipinski definition) is 8. The lowest BCUT2D eigenvalue weighted by molar-refractivity contribution is 1.25. The van der Waals surface area contributed by atoms with Crippen molar-refractivity contribution in [3.8, 4) is 0 Å². The monoisotopic (exact) mass is 1020 g/mol. The summed E-state index contributed by atoms with van der Waals surface area (Å²) in [6.07, 6.45) is 12.8. The summed E-state index contributed by atoms with van der Waals surface area (Å²) in [6, 6.07) is 43.1. The number of hydrogen-bond donors (Lipinski definition) is 0. The van der Waals surface area contributed by atoms with Crippen LogP contribution in [0, 0.1) is 27.7 Å². The maximum absolute atomic E-state index is 4.54. The van der Waals surface area contributed by atoms with E-state index in [4.69, 9.17) is 0 Å². The van der Waals surface area contributed by atoms with Crippen LogP contribution in [0.3, 0.4) is 0 Å². The van der Waals surface area contributed by atoms with Crippen molar-refractivity contribution in [3.63, 3.8) is 0 Å². The van der Waals surface area contributed by atoms with Crippen LogP contribution in [0.15, 0.2) is 171 Å². The van der Waals surface area contributed by atoms with Gasteiger partial charge in [0.1, 0.15) is 0 Å². The van der Waals surface area contributed by atoms with Crippen molar-refractivity contribution in [1.29, 1.82) is 0 Å². The fourth-order valence-electron chi connectivity index (χ4n) is 7.51. The SMILES string of the molecule is CC.CC.CC.CC.CC.CC.CC.CC.Cc1cc2cccnc2c2ncccc12.Cc1ccc2ccc3cccnc3c2n1.Cc1ccnc2c1ccc1cccnc12.Cc1cnc2c(ccc3cccnc32)c1. The summed E-state index contributed by atoms with van der Waals surface area (Å²) in [5, 5.41) is 9.24. The molecule has 0 saturated carbocycles. The molecule has 0 saturated heterocycles. The summed E-state index contributed by atoms with van der Waals surface area (Å²) in [5.41, 5.74) is 12.6. The number of rotatable bonds is 0. The molecule has 0 radical (unpaired) electrons. The van der Waals surface area contributed by atoms with Crippen molar-refractivity contribution < 1.29 is 0 Å². The molecule has 0 unspecified atom stereocenters. The summed E-state index contributed by atoms with van der Waals surface area (Å²) in [7, 11) is 0. The predicted molar refractivity (Wildman–Crippen MR) is 338 cm³/mol. The molecule has 12 rings (SSSR count). The van der Waals surface area contributed by atoms with Crippen LogP contribution >= 0.6 is 0 Å². The average molecular weight is 1020 g/mol. The molecular weight excluding hydrogens is 929 g/mol. The van der Waals surface area contributed by atoms with Crippen molar-refractivity contribution in [2.24, 2.45) is 0 Å². The second-order valence-corrected chi connectivity index (χ2v) is 14.7. The van der Waals surface area contributed by atoms with Gasteiger partial charge in [-0.05, 0) is 99.0 Å². The summed E-state index contributed by atoms with van der Waals surface area (Å²) in [5.74, 6) is 0. The van der Waals surface area contributed by atoms with Crippen LogP contribution in [-0.2, 0) is 0 Å². The molecule has 8 nitrogen and oxygen atoms in total. The molecule has 0 N–H and O–H groups in total. The van der Waals surface area contributed by atoms with Crippen molar-refractivity contribution >= 4 is 87.2 Å². The van der Waals surface area contributed by atoms with E-state index in [-0.39, 0.29) is 0 Å². The number of aryl methyl sites for hydroxylation is 4. The van der Waals surface area contributed by atoms with Crippen molar-refractivity contribution in [2.75, 3.05) is 0 Å². The molecule has 8 heteroatoms. The fraction of sp³-hybridized carbons (Fsp3) is 0.294. The summed E-state index contributed by atoms with van der Waals surface area (Å²) >= 11 is 0. The zero-order valence-electron chi connectivity index (χ0n) is 49.7. The Kier molecular flexibility index (Phi) is 32.9. The summed E-state index contributed by atoms with van der Waals surface area (Å²) in [6.45, 7) is 40.3. The molecule has 0 spiro atoms. The highest BCUT2D eigenvalue weighted by Gasteiger charge is 2.06. The van der Waals surface area contributed by atoms with Gasteiger partial charge in [0.2, 0.25) is 0 Å². The van der Waals surface area contributed by atoms with E-state index in [1.165, 1.54) is 27.5 Å². The molecule has 0 aliphatic rings. The topological polar surface area (TPSA) is 103 Å². The molecule has 0 atom stereocenters. The fourth-order valence-corrected chi connectivity index (χ4v) is 7.51. The van der Waals surface area contributed by atoms with E-state index in [0.29, 0.717) is 0 Å². The highest BCUT2D eigenvalue weighted by molar-refractivity contribution is 6.06. The number of benzene rings is 4. The summed E-state index contributed by atoms with van der Waals surface area (Å²) < 4.78 is 0. The summed E-state index contributed by atoms with van der Waals surface area (Å²) in [4.78, 5) is 35.3. The van der Waals surface area contributed by atoms with Crippen LogP contribution in [0.5, 0.6) is 0 Å². The molecule has 12 aromatic rings. The van der Waals surface area contributed by atoms with Gasteiger partial charge in [-0.1, -0.05) is 184 Å². The molecule has 4 aromatic carbocycles. The third kappa shape index (κ3) is 17.6. The van der Waals surface area contributed by atoms with Crippen LogP contribution in [0.4, 0.5) is 0 Å². The van der Waals surface area contributed by atoms with Gasteiger partial charge in [-0.3, -0.25) is 39.9 Å². The maximum Gasteiger partial charge on any atom is 0.0967 e. The standard InChI is InChI=1S/4C13H10N2.8C2H6/c1-9-8-10-4-2-6-14-12(10)13-11(9)5-3-7-15-13;1-9-4-5-11-7-6-10-3-2-8-14-12(10)13(11)15-9;1-9-6-8-15-13-11(9)5-4-10-3-2-7-14-12(10)13;1-9-7-11-5-4-10-3-2-6-14-12(10)13(11)15-8-9;8*1-2/h4*2-8H,1H3;8*1-2H3. The van der Waals surface area contributed by atoms with Crippen LogP contribution in [0.1, 0.15) is 133 Å². The molecule has 8 heterocycles. The van der Waals surface area contributed by atoms with E-state index < -0.39 is 0 Å². The maximum atomic E-state index is 4.54. The first kappa shape index (κ1) is 66.2. The minimum Gasteiger partial charge on any atom is -0.254 e. The Balaban J connectivity index is 0.000000465. The van der Waals surface area contributed by atoms with Gasteiger partial charge in [-0.2, -0.15) is 0 Å². The first-order valence-electron chi connectivity index (χ1n) is 27.8. The molecule has 0 bridgehead atoms. The Morgan fingerprint density at radius 3 is 1.09 bits per heavy atom. The number of aromatic nitrogens is 8. The van der Waals surface area contributed by atoms with Gasteiger partial charge in [-0.25, -0.2) is 0 Å². The zero-order chi connectivity index (χ0) is 57.0. The van der Waals surface area contributed by atoms with Crippen LogP contribution < -0.4 is 0 Å². The minimum absolute atomic E-state index is 0.981. The smallest absolute Gasteiger partial charge is 0.0967 e. The first-order chi connectivity index (χ1) is 37.4. The van der Waals surface area contributed by atoms with Crippen molar-refractivity contribution in [3.05, 3.63) is 193 Å². The Hall–Kier alpha value is -7.84. The van der Waals surface area contributed by atoms with E-state index in [1.54, 1.807) is 0 Å². The Morgan fingerprint density at radius 2 is 0.579 bits per heavy atom. The van der Waals surface area contributed by atoms with Crippen molar-refractivity contribution in [2.45, 2.75) is 138 Å². The number of fused-ring (bicyclic) bond motifs is 12. The Labute approximate surface area is 456 Å². The van der Waals surface area contributed by atoms with Crippen LogP contribution in [0.2, 0.25) is 0 Å². The zero-order valence-corrected chi connectivity index (χ0v) is 49.7. The minimum atomic E-state index is 0.981. The van der Waals surface area contributed by atoms with E-state index in [2.05, 4.69) is 146 Å². The van der Waals surface area contributed by atoms with Crippen LogP contribution in [-0.4, -0.2) is 39.9 Å². The molecule has 0 aliphatic carbocycles.